The largest absolute Gasteiger partial charge is 0.395 e. The fourth-order valence-electron chi connectivity index (χ4n) is 2.52. The minimum atomic E-state index is 0.254. The number of aliphatic hydroxyl groups excluding tert-OH is 1. The minimum absolute atomic E-state index is 0.254. The van der Waals surface area contributed by atoms with Crippen molar-refractivity contribution in [1.29, 1.82) is 0 Å². The zero-order valence-corrected chi connectivity index (χ0v) is 11.8. The molecule has 0 aromatic carbocycles. The van der Waals surface area contributed by atoms with Crippen LogP contribution in [0.2, 0.25) is 0 Å². The lowest BCUT2D eigenvalue weighted by molar-refractivity contribution is 0.0867. The molecular weight excluding hydrogens is 246 g/mol. The van der Waals surface area contributed by atoms with Crippen molar-refractivity contribution < 1.29 is 5.11 Å². The van der Waals surface area contributed by atoms with Crippen molar-refractivity contribution in [2.24, 2.45) is 5.73 Å². The summed E-state index contributed by atoms with van der Waals surface area (Å²) in [6.45, 7) is 8.00. The Kier molecular flexibility index (Phi) is 5.14. The van der Waals surface area contributed by atoms with Crippen LogP contribution in [-0.4, -0.2) is 60.8 Å². The van der Waals surface area contributed by atoms with Gasteiger partial charge >= 0.3 is 0 Å². The second-order valence-corrected chi connectivity index (χ2v) is 6.12. The predicted molar refractivity (Wildman–Crippen MR) is 76.0 cm³/mol. The van der Waals surface area contributed by atoms with E-state index >= 15 is 0 Å². The Morgan fingerprint density at radius 3 is 2.56 bits per heavy atom. The molecule has 1 aromatic rings. The van der Waals surface area contributed by atoms with E-state index in [0.717, 1.165) is 32.7 Å². The second kappa shape index (κ2) is 6.63. The van der Waals surface area contributed by atoms with Crippen LogP contribution in [0.25, 0.3) is 0 Å². The number of hydrogen-bond acceptors (Lipinski definition) is 5. The molecule has 102 valence electrons. The van der Waals surface area contributed by atoms with Crippen molar-refractivity contribution >= 4 is 11.3 Å². The van der Waals surface area contributed by atoms with Crippen LogP contribution in [0.5, 0.6) is 0 Å². The molecular formula is C13H23N3OS. The highest BCUT2D eigenvalue weighted by Crippen LogP contribution is 2.27. The Morgan fingerprint density at radius 1 is 1.33 bits per heavy atom. The maximum absolute atomic E-state index is 8.95. The molecule has 1 aliphatic rings. The zero-order chi connectivity index (χ0) is 13.0. The Bertz CT molecular complexity index is 361. The molecule has 2 heterocycles. The molecule has 0 amide bonds. The minimum Gasteiger partial charge on any atom is -0.395 e. The zero-order valence-electron chi connectivity index (χ0n) is 11.0. The second-order valence-electron chi connectivity index (χ2n) is 4.80. The van der Waals surface area contributed by atoms with E-state index in [1.165, 1.54) is 9.75 Å². The number of aliphatic hydroxyl groups is 1. The molecule has 0 aliphatic carbocycles. The van der Waals surface area contributed by atoms with Gasteiger partial charge in [0, 0.05) is 49.0 Å². The number of aryl methyl sites for hydroxylation is 1. The first kappa shape index (κ1) is 14.0. The average Bonchev–Trinajstić information content (AvgIpc) is 2.79. The summed E-state index contributed by atoms with van der Waals surface area (Å²) in [6.07, 6.45) is 0. The Hall–Kier alpha value is -0.460. The van der Waals surface area contributed by atoms with Crippen LogP contribution < -0.4 is 5.73 Å². The van der Waals surface area contributed by atoms with Gasteiger partial charge in [0.1, 0.15) is 0 Å². The maximum atomic E-state index is 8.95. The van der Waals surface area contributed by atoms with E-state index in [2.05, 4.69) is 28.9 Å². The first-order valence-corrected chi connectivity index (χ1v) is 7.40. The van der Waals surface area contributed by atoms with Gasteiger partial charge in [0.25, 0.3) is 0 Å². The summed E-state index contributed by atoms with van der Waals surface area (Å²) < 4.78 is 0. The van der Waals surface area contributed by atoms with Gasteiger partial charge in [-0.15, -0.1) is 11.3 Å². The molecule has 0 spiro atoms. The molecule has 1 saturated heterocycles. The molecule has 0 saturated carbocycles. The van der Waals surface area contributed by atoms with E-state index in [0.29, 0.717) is 12.6 Å². The Morgan fingerprint density at radius 2 is 2.06 bits per heavy atom. The summed E-state index contributed by atoms with van der Waals surface area (Å²) in [7, 11) is 0. The van der Waals surface area contributed by atoms with Crippen molar-refractivity contribution in [2.45, 2.75) is 13.0 Å². The van der Waals surface area contributed by atoms with Crippen LogP contribution >= 0.6 is 11.3 Å². The Labute approximate surface area is 113 Å². The molecule has 18 heavy (non-hydrogen) atoms. The van der Waals surface area contributed by atoms with Gasteiger partial charge in [0.15, 0.2) is 0 Å². The number of nitrogens with two attached hydrogens (primary N) is 1. The number of β-amino-alcohol motifs (C(OH)–C–C–N with tert-alkyl or cyclic N) is 1. The Balaban J connectivity index is 1.94. The summed E-state index contributed by atoms with van der Waals surface area (Å²) in [5.41, 5.74) is 5.95. The van der Waals surface area contributed by atoms with Gasteiger partial charge in [-0.25, -0.2) is 0 Å². The smallest absolute Gasteiger partial charge is 0.0565 e. The SMILES string of the molecule is Cc1ccc(C(CN)N2CCN(CCO)CC2)s1. The number of nitrogens with zero attached hydrogens (tertiary/aromatic N) is 2. The molecule has 1 aliphatic heterocycles. The monoisotopic (exact) mass is 269 g/mol. The maximum Gasteiger partial charge on any atom is 0.0565 e. The van der Waals surface area contributed by atoms with Crippen molar-refractivity contribution in [3.63, 3.8) is 0 Å². The lowest BCUT2D eigenvalue weighted by Crippen LogP contribution is -2.49. The molecule has 0 bridgehead atoms. The molecule has 1 atom stereocenters. The fraction of sp³-hybridized carbons (Fsp3) is 0.692. The van der Waals surface area contributed by atoms with E-state index in [1.807, 2.05) is 11.3 Å². The lowest BCUT2D eigenvalue weighted by Gasteiger charge is -2.38. The first-order valence-electron chi connectivity index (χ1n) is 6.58. The number of piperazine rings is 1. The molecule has 5 heteroatoms. The van der Waals surface area contributed by atoms with E-state index in [4.69, 9.17) is 10.8 Å². The first-order chi connectivity index (χ1) is 8.74. The van der Waals surface area contributed by atoms with E-state index in [9.17, 15) is 0 Å². The normalized spacial score (nSPS) is 20.2. The third kappa shape index (κ3) is 3.30. The van der Waals surface area contributed by atoms with Crippen LogP contribution in [0.15, 0.2) is 12.1 Å². The number of rotatable bonds is 5. The van der Waals surface area contributed by atoms with Crippen molar-refractivity contribution in [3.05, 3.63) is 21.9 Å². The summed E-state index contributed by atoms with van der Waals surface area (Å²) in [5, 5.41) is 8.95. The highest BCUT2D eigenvalue weighted by molar-refractivity contribution is 7.12. The molecule has 1 fully saturated rings. The van der Waals surface area contributed by atoms with Crippen LogP contribution in [0, 0.1) is 6.92 Å². The fourth-order valence-corrected chi connectivity index (χ4v) is 3.54. The van der Waals surface area contributed by atoms with Crippen LogP contribution in [0.3, 0.4) is 0 Å². The topological polar surface area (TPSA) is 52.7 Å². The molecule has 0 radical (unpaired) electrons. The van der Waals surface area contributed by atoms with Gasteiger partial charge in [-0.3, -0.25) is 9.80 Å². The van der Waals surface area contributed by atoms with Gasteiger partial charge in [0.05, 0.1) is 12.6 Å². The van der Waals surface area contributed by atoms with Gasteiger partial charge in [-0.1, -0.05) is 0 Å². The van der Waals surface area contributed by atoms with Gasteiger partial charge in [0.2, 0.25) is 0 Å². The third-order valence-electron chi connectivity index (χ3n) is 3.58. The number of hydrogen-bond donors (Lipinski definition) is 2. The highest BCUT2D eigenvalue weighted by Gasteiger charge is 2.24. The van der Waals surface area contributed by atoms with E-state index in [1.54, 1.807) is 0 Å². The average molecular weight is 269 g/mol. The van der Waals surface area contributed by atoms with Gasteiger partial charge in [-0.2, -0.15) is 0 Å². The summed E-state index contributed by atoms with van der Waals surface area (Å²) in [6, 6.07) is 4.74. The van der Waals surface area contributed by atoms with E-state index < -0.39 is 0 Å². The molecule has 3 N–H and O–H groups in total. The quantitative estimate of drug-likeness (QED) is 0.825. The van der Waals surface area contributed by atoms with Crippen molar-refractivity contribution in [3.8, 4) is 0 Å². The van der Waals surface area contributed by atoms with Crippen molar-refractivity contribution in [1.82, 2.24) is 9.80 Å². The summed E-state index contributed by atoms with van der Waals surface area (Å²) in [4.78, 5) is 7.51. The van der Waals surface area contributed by atoms with Crippen molar-refractivity contribution in [2.75, 3.05) is 45.9 Å². The van der Waals surface area contributed by atoms with Gasteiger partial charge < -0.3 is 10.8 Å². The van der Waals surface area contributed by atoms with E-state index in [-0.39, 0.29) is 6.61 Å². The molecule has 4 nitrogen and oxygen atoms in total. The van der Waals surface area contributed by atoms with Crippen LogP contribution in [0.1, 0.15) is 15.8 Å². The third-order valence-corrected chi connectivity index (χ3v) is 4.68. The highest BCUT2D eigenvalue weighted by atomic mass is 32.1. The molecule has 1 unspecified atom stereocenters. The lowest BCUT2D eigenvalue weighted by atomic mass is 10.1. The van der Waals surface area contributed by atoms with Gasteiger partial charge in [-0.05, 0) is 19.1 Å². The predicted octanol–water partition coefficient (Wildman–Crippen LogP) is 0.666. The summed E-state index contributed by atoms with van der Waals surface area (Å²) >= 11 is 1.85. The van der Waals surface area contributed by atoms with Crippen LogP contribution in [-0.2, 0) is 0 Å². The molecule has 2 rings (SSSR count). The summed E-state index contributed by atoms with van der Waals surface area (Å²) in [5.74, 6) is 0. The number of thiophene rings is 1. The molecule has 1 aromatic heterocycles. The standard InChI is InChI=1S/C13H23N3OS/c1-11-2-3-13(18-11)12(10-14)16-6-4-15(5-7-16)8-9-17/h2-3,12,17H,4-10,14H2,1H3. The van der Waals surface area contributed by atoms with Crippen LogP contribution in [0.4, 0.5) is 0 Å².